The van der Waals surface area contributed by atoms with E-state index < -0.39 is 12.0 Å². The smallest absolute Gasteiger partial charge is 0.274 e. The van der Waals surface area contributed by atoms with E-state index in [1.165, 1.54) is 4.90 Å². The first-order valence-electron chi connectivity index (χ1n) is 9.28. The van der Waals surface area contributed by atoms with Crippen molar-refractivity contribution in [1.29, 1.82) is 0 Å². The lowest BCUT2D eigenvalue weighted by Crippen LogP contribution is -2.45. The van der Waals surface area contributed by atoms with Gasteiger partial charge in [0.1, 0.15) is 18.1 Å². The van der Waals surface area contributed by atoms with E-state index in [0.717, 1.165) is 0 Å². The van der Waals surface area contributed by atoms with Crippen molar-refractivity contribution in [3.05, 3.63) is 72.3 Å². The van der Waals surface area contributed by atoms with E-state index in [1.807, 2.05) is 18.2 Å². The predicted molar refractivity (Wildman–Crippen MR) is 112 cm³/mol. The van der Waals surface area contributed by atoms with Gasteiger partial charge in [-0.2, -0.15) is 0 Å². The van der Waals surface area contributed by atoms with Crippen LogP contribution in [0.4, 0.5) is 17.3 Å². The number of methoxy groups -OCH3 is 1. The zero-order valence-corrected chi connectivity index (χ0v) is 16.2. The van der Waals surface area contributed by atoms with Crippen molar-refractivity contribution >= 4 is 29.1 Å². The van der Waals surface area contributed by atoms with Gasteiger partial charge in [-0.25, -0.2) is 4.98 Å². The maximum atomic E-state index is 13.2. The number of amides is 2. The van der Waals surface area contributed by atoms with Gasteiger partial charge in [-0.05, 0) is 36.4 Å². The van der Waals surface area contributed by atoms with Crippen molar-refractivity contribution in [3.63, 3.8) is 0 Å². The highest BCUT2D eigenvalue weighted by Crippen LogP contribution is 2.38. The molecule has 0 saturated heterocycles. The molecule has 3 aromatic rings. The van der Waals surface area contributed by atoms with Gasteiger partial charge < -0.3 is 20.5 Å². The molecular weight excluding hydrogens is 384 g/mol. The lowest BCUT2D eigenvalue weighted by atomic mass is 10.1. The van der Waals surface area contributed by atoms with Gasteiger partial charge in [0.25, 0.3) is 5.91 Å². The average molecular weight is 404 g/mol. The number of hydrogen-bond donors (Lipinski definition) is 2. The van der Waals surface area contributed by atoms with Gasteiger partial charge in [0.15, 0.2) is 11.6 Å². The van der Waals surface area contributed by atoms with Crippen LogP contribution in [0.2, 0.25) is 0 Å². The van der Waals surface area contributed by atoms with Gasteiger partial charge >= 0.3 is 0 Å². The van der Waals surface area contributed by atoms with E-state index in [-0.39, 0.29) is 24.1 Å². The Morgan fingerprint density at radius 2 is 1.87 bits per heavy atom. The maximum absolute atomic E-state index is 13.2. The number of nitrogens with two attached hydrogens (primary N) is 1. The number of aromatic nitrogens is 1. The quantitative estimate of drug-likeness (QED) is 0.677. The largest absolute Gasteiger partial charge is 0.497 e. The number of carbonyl (C=O) groups is 2. The van der Waals surface area contributed by atoms with E-state index in [2.05, 4.69) is 10.3 Å². The third kappa shape index (κ3) is 3.88. The second-order valence-electron chi connectivity index (χ2n) is 6.67. The second-order valence-corrected chi connectivity index (χ2v) is 6.67. The van der Waals surface area contributed by atoms with Crippen LogP contribution in [0.1, 0.15) is 11.7 Å². The molecule has 3 N–H and O–H groups in total. The molecule has 8 nitrogen and oxygen atoms in total. The molecule has 0 spiro atoms. The van der Waals surface area contributed by atoms with Gasteiger partial charge in [-0.15, -0.1) is 0 Å². The predicted octanol–water partition coefficient (Wildman–Crippen LogP) is 2.78. The molecule has 30 heavy (non-hydrogen) atoms. The minimum absolute atomic E-state index is 0.220. The molecule has 1 unspecified atom stereocenters. The van der Waals surface area contributed by atoms with Crippen molar-refractivity contribution in [2.24, 2.45) is 0 Å². The summed E-state index contributed by atoms with van der Waals surface area (Å²) < 4.78 is 11.0. The lowest BCUT2D eigenvalue weighted by molar-refractivity contribution is -0.128. The van der Waals surface area contributed by atoms with Crippen molar-refractivity contribution in [1.82, 2.24) is 4.98 Å². The third-order valence-corrected chi connectivity index (χ3v) is 4.63. The van der Waals surface area contributed by atoms with E-state index in [9.17, 15) is 9.59 Å². The average Bonchev–Trinajstić information content (AvgIpc) is 2.77. The first-order valence-corrected chi connectivity index (χ1v) is 9.28. The molecule has 0 saturated carbocycles. The van der Waals surface area contributed by atoms with E-state index in [1.54, 1.807) is 55.6 Å². The summed E-state index contributed by atoms with van der Waals surface area (Å²) in [5, 5.41) is 2.77. The van der Waals surface area contributed by atoms with Crippen molar-refractivity contribution in [3.8, 4) is 11.5 Å². The molecule has 2 amide bonds. The third-order valence-electron chi connectivity index (χ3n) is 4.63. The summed E-state index contributed by atoms with van der Waals surface area (Å²) in [6.07, 6.45) is -0.877. The Morgan fingerprint density at radius 1 is 1.13 bits per heavy atom. The van der Waals surface area contributed by atoms with Crippen LogP contribution in [-0.2, 0) is 9.59 Å². The minimum atomic E-state index is -0.877. The fourth-order valence-electron chi connectivity index (χ4n) is 3.17. The zero-order chi connectivity index (χ0) is 21.1. The standard InChI is InChI=1S/C22H20N4O4/c1-29-16-9-7-15(8-10-16)24-19(27)13-26-21-17(11-12-18(23)25-21)30-20(22(26)28)14-5-3-2-4-6-14/h2-12,20H,13H2,1H3,(H2,23,25)(H,24,27). The number of rotatable bonds is 5. The number of nitrogens with zero attached hydrogens (tertiary/aromatic N) is 2. The molecule has 2 aromatic carbocycles. The molecule has 0 fully saturated rings. The zero-order valence-electron chi connectivity index (χ0n) is 16.2. The summed E-state index contributed by atoms with van der Waals surface area (Å²) >= 11 is 0. The number of nitrogens with one attached hydrogen (secondary N) is 1. The molecule has 1 atom stereocenters. The second kappa shape index (κ2) is 8.12. The highest BCUT2D eigenvalue weighted by Gasteiger charge is 2.37. The first-order chi connectivity index (χ1) is 14.5. The Balaban J connectivity index is 1.60. The Labute approximate surface area is 173 Å². The van der Waals surface area contributed by atoms with E-state index >= 15 is 0 Å². The van der Waals surface area contributed by atoms with Crippen molar-refractivity contribution < 1.29 is 19.1 Å². The van der Waals surface area contributed by atoms with Crippen LogP contribution in [-0.4, -0.2) is 30.5 Å². The number of pyridine rings is 1. The van der Waals surface area contributed by atoms with Gasteiger partial charge in [-0.3, -0.25) is 14.5 Å². The molecule has 152 valence electrons. The Kier molecular flexibility index (Phi) is 5.21. The normalized spacial score (nSPS) is 15.2. The summed E-state index contributed by atoms with van der Waals surface area (Å²) in [5.74, 6) is 0.737. The van der Waals surface area contributed by atoms with Crippen molar-refractivity contribution in [2.75, 3.05) is 29.6 Å². The SMILES string of the molecule is COc1ccc(NC(=O)CN2C(=O)C(c3ccccc3)Oc3ccc(N)nc32)cc1. The van der Waals surface area contributed by atoms with Crippen LogP contribution in [0.5, 0.6) is 11.5 Å². The van der Waals surface area contributed by atoms with Gasteiger partial charge in [0.2, 0.25) is 12.0 Å². The van der Waals surface area contributed by atoms with Gasteiger partial charge in [0.05, 0.1) is 7.11 Å². The molecule has 0 aliphatic carbocycles. The number of nitrogen functional groups attached to an aromatic ring is 1. The molecule has 1 aliphatic heterocycles. The fourth-order valence-corrected chi connectivity index (χ4v) is 3.17. The Bertz CT molecular complexity index is 1070. The van der Waals surface area contributed by atoms with Gasteiger partial charge in [-0.1, -0.05) is 30.3 Å². The maximum Gasteiger partial charge on any atom is 0.274 e. The molecule has 0 radical (unpaired) electrons. The van der Waals surface area contributed by atoms with Crippen LogP contribution in [0.3, 0.4) is 0 Å². The Hall–Kier alpha value is -4.07. The Morgan fingerprint density at radius 3 is 2.57 bits per heavy atom. The summed E-state index contributed by atoms with van der Waals surface area (Å²) in [5.41, 5.74) is 7.07. The molecule has 1 aromatic heterocycles. The topological polar surface area (TPSA) is 107 Å². The lowest BCUT2D eigenvalue weighted by Gasteiger charge is -2.33. The van der Waals surface area contributed by atoms with E-state index in [4.69, 9.17) is 15.2 Å². The fraction of sp³-hybridized carbons (Fsp3) is 0.136. The van der Waals surface area contributed by atoms with E-state index in [0.29, 0.717) is 22.7 Å². The molecule has 0 bridgehead atoms. The van der Waals surface area contributed by atoms with Crippen LogP contribution in [0, 0.1) is 0 Å². The number of hydrogen-bond acceptors (Lipinski definition) is 6. The highest BCUT2D eigenvalue weighted by molar-refractivity contribution is 6.06. The molecule has 4 rings (SSSR count). The number of anilines is 3. The minimum Gasteiger partial charge on any atom is -0.497 e. The summed E-state index contributed by atoms with van der Waals surface area (Å²) in [6.45, 7) is -0.235. The molecule has 2 heterocycles. The highest BCUT2D eigenvalue weighted by atomic mass is 16.5. The summed E-state index contributed by atoms with van der Waals surface area (Å²) in [4.78, 5) is 31.4. The summed E-state index contributed by atoms with van der Waals surface area (Å²) in [6, 6.07) is 19.2. The number of fused-ring (bicyclic) bond motifs is 1. The number of benzene rings is 2. The van der Waals surface area contributed by atoms with Crippen LogP contribution in [0.25, 0.3) is 0 Å². The molecule has 8 heteroatoms. The molecule has 1 aliphatic rings. The van der Waals surface area contributed by atoms with Crippen LogP contribution >= 0.6 is 0 Å². The number of carbonyl (C=O) groups excluding carboxylic acids is 2. The van der Waals surface area contributed by atoms with Crippen LogP contribution in [0.15, 0.2) is 66.7 Å². The summed E-state index contributed by atoms with van der Waals surface area (Å²) in [7, 11) is 1.57. The van der Waals surface area contributed by atoms with Crippen LogP contribution < -0.4 is 25.4 Å². The first kappa shape index (κ1) is 19.3. The monoisotopic (exact) mass is 404 g/mol. The van der Waals surface area contributed by atoms with Gasteiger partial charge in [0, 0.05) is 11.3 Å². The van der Waals surface area contributed by atoms with Crippen molar-refractivity contribution in [2.45, 2.75) is 6.10 Å². The number of ether oxygens (including phenoxy) is 2. The molecular formula is C22H20N4O4.